The van der Waals surface area contributed by atoms with Crippen molar-refractivity contribution in [2.45, 2.75) is 32.9 Å². The van der Waals surface area contributed by atoms with Gasteiger partial charge in [0, 0.05) is 25.8 Å². The van der Waals surface area contributed by atoms with Crippen LogP contribution in [0.25, 0.3) is 0 Å². The summed E-state index contributed by atoms with van der Waals surface area (Å²) in [6, 6.07) is 2.13. The predicted molar refractivity (Wildman–Crippen MR) is 65.0 cm³/mol. The van der Waals surface area contributed by atoms with E-state index in [0.717, 1.165) is 32.6 Å². The van der Waals surface area contributed by atoms with Crippen LogP contribution in [-0.4, -0.2) is 34.3 Å². The molecule has 16 heavy (non-hydrogen) atoms. The van der Waals surface area contributed by atoms with Crippen LogP contribution in [0.3, 0.4) is 0 Å². The van der Waals surface area contributed by atoms with Crippen molar-refractivity contribution in [2.75, 3.05) is 19.6 Å². The summed E-state index contributed by atoms with van der Waals surface area (Å²) in [5, 5.41) is 4.35. The largest absolute Gasteiger partial charge is 0.330 e. The molecule has 1 fully saturated rings. The van der Waals surface area contributed by atoms with Crippen LogP contribution in [0.2, 0.25) is 0 Å². The highest BCUT2D eigenvalue weighted by molar-refractivity contribution is 5.01. The van der Waals surface area contributed by atoms with Crippen molar-refractivity contribution in [3.8, 4) is 0 Å². The van der Waals surface area contributed by atoms with Crippen LogP contribution in [0.15, 0.2) is 12.3 Å². The highest BCUT2D eigenvalue weighted by Gasteiger charge is 2.21. The van der Waals surface area contributed by atoms with Gasteiger partial charge in [-0.25, -0.2) is 0 Å². The van der Waals surface area contributed by atoms with E-state index in [0.29, 0.717) is 5.92 Å². The molecule has 2 heterocycles. The van der Waals surface area contributed by atoms with E-state index >= 15 is 0 Å². The lowest BCUT2D eigenvalue weighted by atomic mass is 10.1. The maximum absolute atomic E-state index is 5.70. The Labute approximate surface area is 97.4 Å². The Morgan fingerprint density at radius 1 is 1.56 bits per heavy atom. The lowest BCUT2D eigenvalue weighted by molar-refractivity contribution is 0.305. The molecule has 1 unspecified atom stereocenters. The minimum Gasteiger partial charge on any atom is -0.330 e. The molecular weight excluding hydrogens is 200 g/mol. The minimum atomic E-state index is 0.697. The number of nitrogens with zero attached hydrogens (tertiary/aromatic N) is 3. The molecule has 1 aliphatic heterocycles. The fourth-order valence-corrected chi connectivity index (χ4v) is 2.39. The Morgan fingerprint density at radius 2 is 2.44 bits per heavy atom. The van der Waals surface area contributed by atoms with Crippen molar-refractivity contribution in [2.24, 2.45) is 11.7 Å². The van der Waals surface area contributed by atoms with Crippen molar-refractivity contribution in [3.63, 3.8) is 0 Å². The molecule has 0 saturated carbocycles. The number of hydrogen-bond acceptors (Lipinski definition) is 3. The average molecular weight is 222 g/mol. The summed E-state index contributed by atoms with van der Waals surface area (Å²) >= 11 is 0. The zero-order valence-electron chi connectivity index (χ0n) is 10.1. The summed E-state index contributed by atoms with van der Waals surface area (Å²) in [7, 11) is 0. The Kier molecular flexibility index (Phi) is 3.96. The van der Waals surface area contributed by atoms with Gasteiger partial charge in [-0.2, -0.15) is 5.10 Å². The van der Waals surface area contributed by atoms with E-state index in [1.807, 2.05) is 6.20 Å². The molecule has 0 amide bonds. The molecule has 0 aliphatic carbocycles. The number of aryl methyl sites for hydroxylation is 1. The first kappa shape index (κ1) is 11.6. The first-order valence-electron chi connectivity index (χ1n) is 6.26. The van der Waals surface area contributed by atoms with Gasteiger partial charge in [-0.05, 0) is 37.9 Å². The summed E-state index contributed by atoms with van der Waals surface area (Å²) in [5.41, 5.74) is 7.04. The second kappa shape index (κ2) is 5.46. The molecule has 4 heteroatoms. The smallest absolute Gasteiger partial charge is 0.0524 e. The van der Waals surface area contributed by atoms with Gasteiger partial charge in [0.2, 0.25) is 0 Å². The van der Waals surface area contributed by atoms with E-state index in [4.69, 9.17) is 5.73 Å². The Hall–Kier alpha value is -0.870. The van der Waals surface area contributed by atoms with Gasteiger partial charge >= 0.3 is 0 Å². The van der Waals surface area contributed by atoms with Gasteiger partial charge in [0.15, 0.2) is 0 Å². The SMILES string of the molecule is CCCn1nccc1CN1CCC(CN)C1. The molecule has 1 aromatic heterocycles. The standard InChI is InChI=1S/C12H22N4/c1-2-6-16-12(3-5-14-16)10-15-7-4-11(8-13)9-15/h3,5,11H,2,4,6-10,13H2,1H3. The van der Waals surface area contributed by atoms with Crippen LogP contribution in [0, 0.1) is 5.92 Å². The van der Waals surface area contributed by atoms with Crippen molar-refractivity contribution in [1.29, 1.82) is 0 Å². The first-order chi connectivity index (χ1) is 7.83. The molecule has 0 bridgehead atoms. The second-order valence-corrected chi connectivity index (χ2v) is 4.67. The number of hydrogen-bond donors (Lipinski definition) is 1. The fraction of sp³-hybridized carbons (Fsp3) is 0.750. The maximum Gasteiger partial charge on any atom is 0.0524 e. The highest BCUT2D eigenvalue weighted by atomic mass is 15.3. The van der Waals surface area contributed by atoms with Crippen LogP contribution < -0.4 is 5.73 Å². The van der Waals surface area contributed by atoms with Crippen LogP contribution in [0.4, 0.5) is 0 Å². The fourth-order valence-electron chi connectivity index (χ4n) is 2.39. The van der Waals surface area contributed by atoms with E-state index in [1.165, 1.54) is 18.7 Å². The molecule has 4 nitrogen and oxygen atoms in total. The molecule has 1 aromatic rings. The van der Waals surface area contributed by atoms with E-state index in [9.17, 15) is 0 Å². The number of rotatable bonds is 5. The topological polar surface area (TPSA) is 47.1 Å². The summed E-state index contributed by atoms with van der Waals surface area (Å²) in [6.07, 6.45) is 4.29. The summed E-state index contributed by atoms with van der Waals surface area (Å²) < 4.78 is 2.12. The molecule has 0 spiro atoms. The van der Waals surface area contributed by atoms with E-state index in [-0.39, 0.29) is 0 Å². The van der Waals surface area contributed by atoms with Crippen LogP contribution >= 0.6 is 0 Å². The Balaban J connectivity index is 1.91. The third-order valence-electron chi connectivity index (χ3n) is 3.33. The quantitative estimate of drug-likeness (QED) is 0.811. The van der Waals surface area contributed by atoms with Crippen molar-refractivity contribution < 1.29 is 0 Å². The van der Waals surface area contributed by atoms with Crippen LogP contribution in [0.1, 0.15) is 25.5 Å². The van der Waals surface area contributed by atoms with E-state index < -0.39 is 0 Å². The molecule has 0 aromatic carbocycles. The van der Waals surface area contributed by atoms with Crippen molar-refractivity contribution in [1.82, 2.24) is 14.7 Å². The number of nitrogens with two attached hydrogens (primary N) is 1. The summed E-state index contributed by atoms with van der Waals surface area (Å²) in [6.45, 7) is 7.39. The maximum atomic E-state index is 5.70. The summed E-state index contributed by atoms with van der Waals surface area (Å²) in [5.74, 6) is 0.697. The molecule has 1 atom stereocenters. The zero-order valence-corrected chi connectivity index (χ0v) is 10.1. The lowest BCUT2D eigenvalue weighted by Crippen LogP contribution is -2.24. The molecule has 1 aliphatic rings. The van der Waals surface area contributed by atoms with Crippen molar-refractivity contribution >= 4 is 0 Å². The van der Waals surface area contributed by atoms with E-state index in [2.05, 4.69) is 27.7 Å². The second-order valence-electron chi connectivity index (χ2n) is 4.67. The van der Waals surface area contributed by atoms with Crippen LogP contribution in [-0.2, 0) is 13.1 Å². The Bertz CT molecular complexity index is 321. The third kappa shape index (κ3) is 2.62. The minimum absolute atomic E-state index is 0.697. The molecule has 90 valence electrons. The van der Waals surface area contributed by atoms with Crippen molar-refractivity contribution in [3.05, 3.63) is 18.0 Å². The predicted octanol–water partition coefficient (Wildman–Crippen LogP) is 1.07. The molecular formula is C12H22N4. The Morgan fingerprint density at radius 3 is 3.12 bits per heavy atom. The normalized spacial score (nSPS) is 21.8. The summed E-state index contributed by atoms with van der Waals surface area (Å²) in [4.78, 5) is 2.49. The van der Waals surface area contributed by atoms with Gasteiger partial charge in [0.05, 0.1) is 5.69 Å². The third-order valence-corrected chi connectivity index (χ3v) is 3.33. The number of aromatic nitrogens is 2. The zero-order chi connectivity index (χ0) is 11.4. The van der Waals surface area contributed by atoms with Gasteiger partial charge in [0.1, 0.15) is 0 Å². The van der Waals surface area contributed by atoms with E-state index in [1.54, 1.807) is 0 Å². The van der Waals surface area contributed by atoms with Crippen LogP contribution in [0.5, 0.6) is 0 Å². The molecule has 1 saturated heterocycles. The molecule has 2 rings (SSSR count). The monoisotopic (exact) mass is 222 g/mol. The highest BCUT2D eigenvalue weighted by Crippen LogP contribution is 2.17. The number of likely N-dealkylation sites (tertiary alicyclic amines) is 1. The van der Waals surface area contributed by atoms with Gasteiger partial charge in [-0.1, -0.05) is 6.92 Å². The van der Waals surface area contributed by atoms with Gasteiger partial charge in [-0.15, -0.1) is 0 Å². The average Bonchev–Trinajstić information content (AvgIpc) is 2.90. The van der Waals surface area contributed by atoms with Gasteiger partial charge in [-0.3, -0.25) is 9.58 Å². The lowest BCUT2D eigenvalue weighted by Gasteiger charge is -2.16. The van der Waals surface area contributed by atoms with Gasteiger partial charge < -0.3 is 5.73 Å². The van der Waals surface area contributed by atoms with Gasteiger partial charge in [0.25, 0.3) is 0 Å². The molecule has 2 N–H and O–H groups in total. The molecule has 0 radical (unpaired) electrons. The first-order valence-corrected chi connectivity index (χ1v) is 6.26.